The van der Waals surface area contributed by atoms with Crippen LogP contribution in [0.5, 0.6) is 0 Å². The molecule has 2 rings (SSSR count). The predicted molar refractivity (Wildman–Crippen MR) is 76.3 cm³/mol. The first kappa shape index (κ1) is 13.7. The van der Waals surface area contributed by atoms with E-state index in [1.165, 1.54) is 0 Å². The van der Waals surface area contributed by atoms with E-state index in [0.29, 0.717) is 10.9 Å². The second kappa shape index (κ2) is 5.13. The summed E-state index contributed by atoms with van der Waals surface area (Å²) in [5, 5.41) is 0. The summed E-state index contributed by atoms with van der Waals surface area (Å²) in [6, 6.07) is 0. The highest BCUT2D eigenvalue weighted by Gasteiger charge is 2.54. The van der Waals surface area contributed by atoms with Crippen LogP contribution in [0.25, 0.3) is 0 Å². The van der Waals surface area contributed by atoms with Gasteiger partial charge in [0.15, 0.2) is 0 Å². The van der Waals surface area contributed by atoms with Gasteiger partial charge in [-0.15, -0.1) is 0 Å². The van der Waals surface area contributed by atoms with Crippen molar-refractivity contribution in [3.05, 3.63) is 0 Å². The summed E-state index contributed by atoms with van der Waals surface area (Å²) in [5.74, 6) is 0.891. The molecule has 18 heavy (non-hydrogen) atoms. The maximum absolute atomic E-state index is 12.4. The number of piperidine rings is 1. The van der Waals surface area contributed by atoms with Crippen LogP contribution in [0.15, 0.2) is 0 Å². The fourth-order valence-electron chi connectivity index (χ4n) is 2.83. The third-order valence-electron chi connectivity index (χ3n) is 4.16. The van der Waals surface area contributed by atoms with Crippen LogP contribution in [0, 0.1) is 11.3 Å². The van der Waals surface area contributed by atoms with E-state index in [9.17, 15) is 4.79 Å². The van der Waals surface area contributed by atoms with Crippen molar-refractivity contribution in [2.24, 2.45) is 17.1 Å². The molecule has 1 heterocycles. The molecule has 2 aliphatic rings. The van der Waals surface area contributed by atoms with Crippen molar-refractivity contribution in [2.45, 2.75) is 25.7 Å². The molecule has 2 N–H and O–H groups in total. The lowest BCUT2D eigenvalue weighted by Gasteiger charge is -2.35. The number of hydrogen-bond donors (Lipinski definition) is 1. The zero-order chi connectivity index (χ0) is 13.3. The van der Waals surface area contributed by atoms with E-state index in [2.05, 4.69) is 19.0 Å². The standard InChI is InChI=1S/C13H23N3OS/c1-15(2)9-10-3-7-16(8-4-10)12(17)13(5-6-13)11(14)18/h10H,3-9H2,1-2H3,(H2,14,18). The zero-order valence-electron chi connectivity index (χ0n) is 11.3. The summed E-state index contributed by atoms with van der Waals surface area (Å²) < 4.78 is 0. The van der Waals surface area contributed by atoms with Gasteiger partial charge in [-0.05, 0) is 45.7 Å². The number of rotatable bonds is 4. The number of hydrogen-bond acceptors (Lipinski definition) is 3. The van der Waals surface area contributed by atoms with Gasteiger partial charge < -0.3 is 15.5 Å². The van der Waals surface area contributed by atoms with Gasteiger partial charge in [0.2, 0.25) is 5.91 Å². The highest BCUT2D eigenvalue weighted by molar-refractivity contribution is 7.80. The monoisotopic (exact) mass is 269 g/mol. The van der Waals surface area contributed by atoms with Crippen molar-refractivity contribution < 1.29 is 4.79 Å². The van der Waals surface area contributed by atoms with Crippen LogP contribution < -0.4 is 5.73 Å². The number of carbonyl (C=O) groups excluding carboxylic acids is 1. The minimum atomic E-state index is -0.469. The Labute approximate surface area is 114 Å². The van der Waals surface area contributed by atoms with Gasteiger partial charge in [0.25, 0.3) is 0 Å². The van der Waals surface area contributed by atoms with Gasteiger partial charge in [-0.2, -0.15) is 0 Å². The van der Waals surface area contributed by atoms with Gasteiger partial charge in [0.1, 0.15) is 0 Å². The smallest absolute Gasteiger partial charge is 0.235 e. The van der Waals surface area contributed by atoms with Crippen molar-refractivity contribution in [3.8, 4) is 0 Å². The number of likely N-dealkylation sites (tertiary alicyclic amines) is 1. The molecule has 1 aliphatic heterocycles. The summed E-state index contributed by atoms with van der Waals surface area (Å²) in [4.78, 5) is 17.0. The highest BCUT2D eigenvalue weighted by Crippen LogP contribution is 2.47. The van der Waals surface area contributed by atoms with E-state index in [0.717, 1.165) is 45.3 Å². The van der Waals surface area contributed by atoms with Gasteiger partial charge in [-0.25, -0.2) is 0 Å². The van der Waals surface area contributed by atoms with Crippen LogP contribution in [0.1, 0.15) is 25.7 Å². The van der Waals surface area contributed by atoms with E-state index >= 15 is 0 Å². The first-order valence-electron chi connectivity index (χ1n) is 6.70. The summed E-state index contributed by atoms with van der Waals surface area (Å²) >= 11 is 5.04. The van der Waals surface area contributed by atoms with Crippen LogP contribution >= 0.6 is 12.2 Å². The molecule has 0 unspecified atom stereocenters. The van der Waals surface area contributed by atoms with Gasteiger partial charge >= 0.3 is 0 Å². The molecule has 0 bridgehead atoms. The fraction of sp³-hybridized carbons (Fsp3) is 0.846. The molecule has 1 amide bonds. The van der Waals surface area contributed by atoms with Gasteiger partial charge in [-0.1, -0.05) is 12.2 Å². The lowest BCUT2D eigenvalue weighted by molar-refractivity contribution is -0.135. The molecule has 0 aromatic rings. The van der Waals surface area contributed by atoms with E-state index in [4.69, 9.17) is 18.0 Å². The molecule has 102 valence electrons. The van der Waals surface area contributed by atoms with Crippen molar-refractivity contribution in [1.29, 1.82) is 0 Å². The second-order valence-electron chi connectivity index (χ2n) is 5.94. The van der Waals surface area contributed by atoms with Crippen LogP contribution in [0.3, 0.4) is 0 Å². The van der Waals surface area contributed by atoms with Gasteiger partial charge in [-0.3, -0.25) is 4.79 Å². The summed E-state index contributed by atoms with van der Waals surface area (Å²) in [7, 11) is 4.20. The topological polar surface area (TPSA) is 49.6 Å². The Bertz CT molecular complexity index is 344. The van der Waals surface area contributed by atoms with Crippen molar-refractivity contribution >= 4 is 23.1 Å². The Morgan fingerprint density at radius 1 is 1.39 bits per heavy atom. The highest BCUT2D eigenvalue weighted by atomic mass is 32.1. The first-order valence-corrected chi connectivity index (χ1v) is 7.10. The van der Waals surface area contributed by atoms with Crippen LogP contribution in [0.4, 0.5) is 0 Å². The van der Waals surface area contributed by atoms with Crippen molar-refractivity contribution in [3.63, 3.8) is 0 Å². The molecule has 0 spiro atoms. The van der Waals surface area contributed by atoms with Crippen molar-refractivity contribution in [1.82, 2.24) is 9.80 Å². The van der Waals surface area contributed by atoms with Crippen LogP contribution in [0.2, 0.25) is 0 Å². The van der Waals surface area contributed by atoms with E-state index < -0.39 is 5.41 Å². The molecular weight excluding hydrogens is 246 g/mol. The predicted octanol–water partition coefficient (Wildman–Crippen LogP) is 0.853. The second-order valence-corrected chi connectivity index (χ2v) is 6.38. The lowest BCUT2D eigenvalue weighted by atomic mass is 9.94. The molecular formula is C13H23N3OS. The maximum atomic E-state index is 12.4. The van der Waals surface area contributed by atoms with Crippen LogP contribution in [-0.4, -0.2) is 54.4 Å². The molecule has 5 heteroatoms. The average molecular weight is 269 g/mol. The van der Waals surface area contributed by atoms with E-state index in [1.54, 1.807) is 0 Å². The van der Waals surface area contributed by atoms with E-state index in [1.807, 2.05) is 4.90 Å². The minimum absolute atomic E-state index is 0.179. The first-order chi connectivity index (χ1) is 8.45. The minimum Gasteiger partial charge on any atom is -0.392 e. The third-order valence-corrected chi connectivity index (χ3v) is 4.55. The third kappa shape index (κ3) is 2.67. The van der Waals surface area contributed by atoms with Crippen LogP contribution in [-0.2, 0) is 4.79 Å². The number of thiocarbonyl (C=S) groups is 1. The Balaban J connectivity index is 1.87. The molecule has 1 saturated carbocycles. The number of carbonyl (C=O) groups is 1. The molecule has 0 aromatic heterocycles. The molecule has 0 atom stereocenters. The summed E-state index contributed by atoms with van der Waals surface area (Å²) in [6.07, 6.45) is 3.88. The van der Waals surface area contributed by atoms with Gasteiger partial charge in [0.05, 0.1) is 10.4 Å². The lowest BCUT2D eigenvalue weighted by Crippen LogP contribution is -2.47. The number of amides is 1. The summed E-state index contributed by atoms with van der Waals surface area (Å²) in [5.41, 5.74) is 5.24. The molecule has 4 nitrogen and oxygen atoms in total. The Kier molecular flexibility index (Phi) is 3.92. The zero-order valence-corrected chi connectivity index (χ0v) is 12.1. The Morgan fingerprint density at radius 2 is 1.94 bits per heavy atom. The molecule has 0 radical (unpaired) electrons. The van der Waals surface area contributed by atoms with Crippen molar-refractivity contribution in [2.75, 3.05) is 33.7 Å². The molecule has 1 aliphatic carbocycles. The molecule has 1 saturated heterocycles. The average Bonchev–Trinajstić information content (AvgIpc) is 3.09. The maximum Gasteiger partial charge on any atom is 0.235 e. The van der Waals surface area contributed by atoms with Gasteiger partial charge in [0, 0.05) is 19.6 Å². The largest absolute Gasteiger partial charge is 0.392 e. The quantitative estimate of drug-likeness (QED) is 0.769. The summed E-state index contributed by atoms with van der Waals surface area (Å²) in [6.45, 7) is 2.84. The normalized spacial score (nSPS) is 23.2. The Morgan fingerprint density at radius 3 is 2.33 bits per heavy atom. The number of nitrogens with zero attached hydrogens (tertiary/aromatic N) is 2. The fourth-order valence-corrected chi connectivity index (χ4v) is 3.12. The molecule has 2 fully saturated rings. The van der Waals surface area contributed by atoms with E-state index in [-0.39, 0.29) is 5.91 Å². The Hall–Kier alpha value is -0.680. The SMILES string of the molecule is CN(C)CC1CCN(C(=O)C2(C(N)=S)CC2)CC1. The molecule has 0 aromatic carbocycles. The number of nitrogens with two attached hydrogens (primary N) is 1.